The summed E-state index contributed by atoms with van der Waals surface area (Å²) in [6, 6.07) is 0. The molecule has 0 aromatic heterocycles. The van der Waals surface area contributed by atoms with Crippen LogP contribution in [0.25, 0.3) is 0 Å². The monoisotopic (exact) mass is 174 g/mol. The minimum absolute atomic E-state index is 0.437. The van der Waals surface area contributed by atoms with Gasteiger partial charge >= 0.3 is 5.37 Å². The van der Waals surface area contributed by atoms with Crippen LogP contribution in [0.3, 0.4) is 0 Å². The molecular weight excluding hydrogens is 164 g/mol. The lowest BCUT2D eigenvalue weighted by molar-refractivity contribution is 0.239. The van der Waals surface area contributed by atoms with Crippen LogP contribution in [0.5, 0.6) is 0 Å². The first-order valence-electron chi connectivity index (χ1n) is 3.59. The zero-order chi connectivity index (χ0) is 8.69. The molecule has 0 saturated carbocycles. The van der Waals surface area contributed by atoms with E-state index in [4.69, 9.17) is 16.9 Å². The van der Waals surface area contributed by atoms with Gasteiger partial charge < -0.3 is 0 Å². The van der Waals surface area contributed by atoms with Gasteiger partial charge in [-0.05, 0) is 18.0 Å². The lowest BCUT2D eigenvalue weighted by Crippen LogP contribution is -2.21. The molecule has 0 radical (unpaired) electrons. The first-order valence-corrected chi connectivity index (χ1v) is 3.97. The van der Waals surface area contributed by atoms with Crippen LogP contribution in [0.2, 0.25) is 0 Å². The summed E-state index contributed by atoms with van der Waals surface area (Å²) in [5, 5.41) is 7.68. The molecule has 11 heavy (non-hydrogen) atoms. The van der Waals surface area contributed by atoms with Crippen molar-refractivity contribution in [1.29, 1.82) is 5.26 Å². The van der Waals surface area contributed by atoms with E-state index in [1.54, 1.807) is 6.19 Å². The van der Waals surface area contributed by atoms with Gasteiger partial charge in [-0.1, -0.05) is 19.8 Å². The van der Waals surface area contributed by atoms with Gasteiger partial charge in [0.15, 0.2) is 6.19 Å². The third-order valence-corrected chi connectivity index (χ3v) is 1.52. The number of nitrogens with zero attached hydrogens (tertiary/aromatic N) is 2. The Hall–Kier alpha value is -0.750. The van der Waals surface area contributed by atoms with Crippen LogP contribution in [-0.2, 0) is 0 Å². The molecule has 0 unspecified atom stereocenters. The second-order valence-corrected chi connectivity index (χ2v) is 2.54. The summed E-state index contributed by atoms with van der Waals surface area (Å²) in [5.41, 5.74) is 0. The highest BCUT2D eigenvalue weighted by molar-refractivity contribution is 6.63. The molecule has 0 spiro atoms. The van der Waals surface area contributed by atoms with Crippen LogP contribution >= 0.6 is 11.6 Å². The standard InChI is InChI=1S/C7H11ClN2O/c1-2-3-4-5-10(6-9)7(8)11/h2-5H2,1H3. The maximum absolute atomic E-state index is 10.4. The Morgan fingerprint density at radius 1 is 1.64 bits per heavy atom. The first-order chi connectivity index (χ1) is 5.22. The number of hydrogen-bond donors (Lipinski definition) is 0. The minimum atomic E-state index is -0.691. The third kappa shape index (κ3) is 4.63. The number of carbonyl (C=O) groups is 1. The van der Waals surface area contributed by atoms with Gasteiger partial charge in [0.2, 0.25) is 0 Å². The summed E-state index contributed by atoms with van der Waals surface area (Å²) in [4.78, 5) is 11.4. The number of unbranched alkanes of at least 4 members (excludes halogenated alkanes) is 2. The predicted molar refractivity (Wildman–Crippen MR) is 43.1 cm³/mol. The molecule has 0 aliphatic rings. The fourth-order valence-corrected chi connectivity index (χ4v) is 0.819. The van der Waals surface area contributed by atoms with Gasteiger partial charge in [-0.15, -0.1) is 0 Å². The Morgan fingerprint density at radius 2 is 2.27 bits per heavy atom. The summed E-state index contributed by atoms with van der Waals surface area (Å²) in [7, 11) is 0. The molecule has 0 rings (SSSR count). The molecule has 0 bridgehead atoms. The largest absolute Gasteiger partial charge is 0.329 e. The van der Waals surface area contributed by atoms with Crippen molar-refractivity contribution in [3.8, 4) is 6.19 Å². The van der Waals surface area contributed by atoms with E-state index >= 15 is 0 Å². The van der Waals surface area contributed by atoms with Gasteiger partial charge in [0, 0.05) is 6.54 Å². The van der Waals surface area contributed by atoms with Crippen LogP contribution in [0.4, 0.5) is 4.79 Å². The van der Waals surface area contributed by atoms with Crippen molar-refractivity contribution < 1.29 is 4.79 Å². The van der Waals surface area contributed by atoms with Gasteiger partial charge in [0.05, 0.1) is 0 Å². The van der Waals surface area contributed by atoms with E-state index in [9.17, 15) is 4.79 Å². The Bertz CT molecular complexity index is 164. The van der Waals surface area contributed by atoms with Gasteiger partial charge in [-0.25, -0.2) is 4.90 Å². The number of rotatable bonds is 4. The van der Waals surface area contributed by atoms with Crippen LogP contribution in [0.15, 0.2) is 0 Å². The molecule has 0 heterocycles. The van der Waals surface area contributed by atoms with Crippen molar-refractivity contribution in [2.24, 2.45) is 0 Å². The number of amides is 1. The maximum Gasteiger partial charge on any atom is 0.329 e. The fraction of sp³-hybridized carbons (Fsp3) is 0.714. The van der Waals surface area contributed by atoms with E-state index in [-0.39, 0.29) is 0 Å². The highest BCUT2D eigenvalue weighted by Gasteiger charge is 2.07. The molecule has 0 atom stereocenters. The number of halogens is 1. The molecule has 3 nitrogen and oxygen atoms in total. The molecule has 0 N–H and O–H groups in total. The quantitative estimate of drug-likeness (QED) is 0.216. The molecular formula is C7H11ClN2O. The second kappa shape index (κ2) is 5.99. The molecule has 62 valence electrons. The zero-order valence-electron chi connectivity index (χ0n) is 6.51. The van der Waals surface area contributed by atoms with Gasteiger partial charge in [0.1, 0.15) is 0 Å². The van der Waals surface area contributed by atoms with Crippen molar-refractivity contribution in [3.63, 3.8) is 0 Å². The third-order valence-electron chi connectivity index (χ3n) is 1.32. The normalized spacial score (nSPS) is 8.82. The van der Waals surface area contributed by atoms with Crippen molar-refractivity contribution in [2.45, 2.75) is 26.2 Å². The Balaban J connectivity index is 3.55. The van der Waals surface area contributed by atoms with E-state index in [1.165, 1.54) is 0 Å². The van der Waals surface area contributed by atoms with E-state index in [2.05, 4.69) is 6.92 Å². The van der Waals surface area contributed by atoms with Crippen molar-refractivity contribution in [3.05, 3.63) is 0 Å². The summed E-state index contributed by atoms with van der Waals surface area (Å²) < 4.78 is 0. The van der Waals surface area contributed by atoms with Gasteiger partial charge in [-0.2, -0.15) is 5.26 Å². The molecule has 0 aromatic carbocycles. The Kier molecular flexibility index (Phi) is 5.58. The van der Waals surface area contributed by atoms with Crippen molar-refractivity contribution in [2.75, 3.05) is 6.54 Å². The summed E-state index contributed by atoms with van der Waals surface area (Å²) >= 11 is 5.09. The lowest BCUT2D eigenvalue weighted by Gasteiger charge is -2.07. The van der Waals surface area contributed by atoms with Crippen molar-refractivity contribution in [1.82, 2.24) is 4.90 Å². The predicted octanol–water partition coefficient (Wildman–Crippen LogP) is 2.32. The number of hydrogen-bond acceptors (Lipinski definition) is 2. The molecule has 1 amide bonds. The SMILES string of the molecule is CCCCCN(C#N)C(=O)Cl. The highest BCUT2D eigenvalue weighted by Crippen LogP contribution is 2.00. The maximum atomic E-state index is 10.4. The molecule has 0 fully saturated rings. The topological polar surface area (TPSA) is 44.1 Å². The smallest absolute Gasteiger partial charge is 0.254 e. The van der Waals surface area contributed by atoms with E-state index in [0.29, 0.717) is 6.54 Å². The average molecular weight is 175 g/mol. The van der Waals surface area contributed by atoms with Crippen LogP contribution < -0.4 is 0 Å². The summed E-state index contributed by atoms with van der Waals surface area (Å²) in [6.45, 7) is 2.49. The molecule has 4 heteroatoms. The fourth-order valence-electron chi connectivity index (χ4n) is 0.697. The Labute approximate surface area is 71.5 Å². The second-order valence-electron chi connectivity index (χ2n) is 2.21. The van der Waals surface area contributed by atoms with E-state index in [1.807, 2.05) is 0 Å². The molecule has 0 aliphatic carbocycles. The average Bonchev–Trinajstić information content (AvgIpc) is 1.97. The first kappa shape index (κ1) is 10.2. The molecule has 0 aromatic rings. The van der Waals surface area contributed by atoms with Crippen LogP contribution in [0, 0.1) is 11.5 Å². The van der Waals surface area contributed by atoms with Gasteiger partial charge in [0.25, 0.3) is 0 Å². The van der Waals surface area contributed by atoms with E-state index in [0.717, 1.165) is 24.2 Å². The molecule has 0 aliphatic heterocycles. The van der Waals surface area contributed by atoms with Gasteiger partial charge in [-0.3, -0.25) is 4.79 Å². The number of carbonyl (C=O) groups excluding carboxylic acids is 1. The summed E-state index contributed by atoms with van der Waals surface area (Å²) in [5.74, 6) is 0. The minimum Gasteiger partial charge on any atom is -0.254 e. The highest BCUT2D eigenvalue weighted by atomic mass is 35.5. The molecule has 0 saturated heterocycles. The van der Waals surface area contributed by atoms with Crippen LogP contribution in [0.1, 0.15) is 26.2 Å². The zero-order valence-corrected chi connectivity index (χ0v) is 7.26. The lowest BCUT2D eigenvalue weighted by atomic mass is 10.2. The number of nitriles is 1. The van der Waals surface area contributed by atoms with Crippen LogP contribution in [-0.4, -0.2) is 16.8 Å². The summed E-state index contributed by atoms with van der Waals surface area (Å²) in [6.07, 6.45) is 4.63. The van der Waals surface area contributed by atoms with E-state index < -0.39 is 5.37 Å². The Morgan fingerprint density at radius 3 is 2.64 bits per heavy atom. The van der Waals surface area contributed by atoms with Crippen molar-refractivity contribution >= 4 is 17.0 Å².